The summed E-state index contributed by atoms with van der Waals surface area (Å²) in [4.78, 5) is 25.9. The minimum absolute atomic E-state index is 0.206. The molecule has 0 spiro atoms. The molecule has 0 aromatic heterocycles. The van der Waals surface area contributed by atoms with Crippen molar-refractivity contribution in [3.8, 4) is 0 Å². The fraction of sp³-hybridized carbons (Fsp3) is 0.867. The quantitative estimate of drug-likeness (QED) is 0.748. The first kappa shape index (κ1) is 17.8. The van der Waals surface area contributed by atoms with Crippen LogP contribution in [-0.4, -0.2) is 47.3 Å². The van der Waals surface area contributed by atoms with E-state index >= 15 is 0 Å². The van der Waals surface area contributed by atoms with Crippen molar-refractivity contribution < 1.29 is 19.1 Å². The first-order valence-corrected chi connectivity index (χ1v) is 7.21. The summed E-state index contributed by atoms with van der Waals surface area (Å²) in [6.45, 7) is 13.0. The van der Waals surface area contributed by atoms with E-state index in [0.717, 1.165) is 0 Å². The van der Waals surface area contributed by atoms with Crippen LogP contribution in [0.25, 0.3) is 0 Å². The van der Waals surface area contributed by atoms with Crippen LogP contribution >= 0.6 is 0 Å². The number of hydrogen-bond acceptors (Lipinski definition) is 5. The maximum absolute atomic E-state index is 12.4. The summed E-state index contributed by atoms with van der Waals surface area (Å²) < 4.78 is 10.7. The first-order chi connectivity index (χ1) is 9.24. The lowest BCUT2D eigenvalue weighted by Crippen LogP contribution is -2.47. The highest BCUT2D eigenvalue weighted by Gasteiger charge is 2.51. The molecule has 0 bridgehead atoms. The molecule has 21 heavy (non-hydrogen) atoms. The van der Waals surface area contributed by atoms with E-state index in [1.807, 2.05) is 0 Å². The third-order valence-electron chi connectivity index (χ3n) is 3.27. The number of ether oxygens (including phenoxy) is 2. The molecule has 6 nitrogen and oxygen atoms in total. The molecule has 0 aromatic carbocycles. The largest absolute Gasteiger partial charge is 0.459 e. The van der Waals surface area contributed by atoms with E-state index in [-0.39, 0.29) is 19.1 Å². The highest BCUT2D eigenvalue weighted by molar-refractivity contribution is 5.80. The van der Waals surface area contributed by atoms with Gasteiger partial charge in [-0.1, -0.05) is 0 Å². The van der Waals surface area contributed by atoms with Crippen LogP contribution in [0.5, 0.6) is 0 Å². The van der Waals surface area contributed by atoms with Gasteiger partial charge in [-0.3, -0.25) is 4.79 Å². The van der Waals surface area contributed by atoms with Gasteiger partial charge >= 0.3 is 12.1 Å². The average Bonchev–Trinajstić information content (AvgIpc) is 2.52. The summed E-state index contributed by atoms with van der Waals surface area (Å²) in [6.07, 6.45) is -0.453. The topological polar surface area (TPSA) is 81.9 Å². The predicted molar refractivity (Wildman–Crippen MR) is 79.7 cm³/mol. The zero-order valence-electron chi connectivity index (χ0n) is 14.1. The lowest BCUT2D eigenvalue weighted by atomic mass is 9.85. The minimum Gasteiger partial charge on any atom is -0.459 e. The Morgan fingerprint density at radius 2 is 1.57 bits per heavy atom. The molecule has 1 amide bonds. The third kappa shape index (κ3) is 4.59. The zero-order chi connectivity index (χ0) is 16.6. The summed E-state index contributed by atoms with van der Waals surface area (Å²) in [5.74, 6) is -0.381. The Morgan fingerprint density at radius 3 is 2.00 bits per heavy atom. The Balaban J connectivity index is 2.80. The lowest BCUT2D eigenvalue weighted by molar-refractivity contribution is -0.166. The monoisotopic (exact) mass is 300 g/mol. The number of amides is 1. The number of rotatable bonds is 1. The first-order valence-electron chi connectivity index (χ1n) is 7.21. The SMILES string of the molecule is CC(C)(C)OC(=O)N1C[C@H](N)[C@](C)(C(=O)OC(C)(C)C)C1. The molecule has 2 atom stereocenters. The molecular formula is C15H28N2O4. The number of carbonyl (C=O) groups is 2. The summed E-state index contributed by atoms with van der Waals surface area (Å²) >= 11 is 0. The Hall–Kier alpha value is -1.30. The summed E-state index contributed by atoms with van der Waals surface area (Å²) in [6, 6.07) is -0.472. The van der Waals surface area contributed by atoms with E-state index in [1.165, 1.54) is 4.90 Å². The molecular weight excluding hydrogens is 272 g/mol. The molecule has 2 N–H and O–H groups in total. The van der Waals surface area contributed by atoms with Crippen molar-refractivity contribution in [3.63, 3.8) is 0 Å². The predicted octanol–water partition coefficient (Wildman–Crippen LogP) is 1.91. The van der Waals surface area contributed by atoms with E-state index in [0.29, 0.717) is 0 Å². The van der Waals surface area contributed by atoms with E-state index in [1.54, 1.807) is 48.5 Å². The number of esters is 1. The fourth-order valence-corrected chi connectivity index (χ4v) is 2.09. The maximum Gasteiger partial charge on any atom is 0.410 e. The molecule has 0 saturated carbocycles. The van der Waals surface area contributed by atoms with Gasteiger partial charge in [-0.2, -0.15) is 0 Å². The Kier molecular flexibility index (Phi) is 4.63. The average molecular weight is 300 g/mol. The van der Waals surface area contributed by atoms with Crippen molar-refractivity contribution in [1.29, 1.82) is 0 Å². The van der Waals surface area contributed by atoms with Crippen LogP contribution in [0.1, 0.15) is 48.5 Å². The molecule has 0 radical (unpaired) electrons. The molecule has 1 saturated heterocycles. The normalized spacial score (nSPS) is 26.7. The van der Waals surface area contributed by atoms with E-state index in [4.69, 9.17) is 15.2 Å². The molecule has 122 valence electrons. The second kappa shape index (κ2) is 5.48. The second-order valence-electron chi connectivity index (χ2n) is 7.89. The Bertz CT molecular complexity index is 422. The summed E-state index contributed by atoms with van der Waals surface area (Å²) in [7, 11) is 0. The Labute approximate surface area is 126 Å². The van der Waals surface area contributed by atoms with E-state index < -0.39 is 28.8 Å². The fourth-order valence-electron chi connectivity index (χ4n) is 2.09. The molecule has 0 unspecified atom stereocenters. The molecule has 6 heteroatoms. The van der Waals surface area contributed by atoms with Gasteiger partial charge in [0.15, 0.2) is 0 Å². The van der Waals surface area contributed by atoms with Gasteiger partial charge in [0.1, 0.15) is 11.2 Å². The molecule has 1 aliphatic heterocycles. The molecule has 1 aliphatic rings. The summed E-state index contributed by atoms with van der Waals surface area (Å²) in [5.41, 5.74) is 4.00. The van der Waals surface area contributed by atoms with Gasteiger partial charge in [0.2, 0.25) is 0 Å². The van der Waals surface area contributed by atoms with Crippen LogP contribution in [0.2, 0.25) is 0 Å². The zero-order valence-corrected chi connectivity index (χ0v) is 14.1. The van der Waals surface area contributed by atoms with Crippen LogP contribution < -0.4 is 5.73 Å². The second-order valence-corrected chi connectivity index (χ2v) is 7.89. The molecule has 0 aliphatic carbocycles. The highest BCUT2D eigenvalue weighted by Crippen LogP contribution is 2.33. The van der Waals surface area contributed by atoms with Crippen LogP contribution in [0, 0.1) is 5.41 Å². The van der Waals surface area contributed by atoms with Gasteiger partial charge < -0.3 is 20.1 Å². The van der Waals surface area contributed by atoms with Gasteiger partial charge in [-0.05, 0) is 48.5 Å². The van der Waals surface area contributed by atoms with Gasteiger partial charge in [-0.25, -0.2) is 4.79 Å². The van der Waals surface area contributed by atoms with E-state index in [2.05, 4.69) is 0 Å². The van der Waals surface area contributed by atoms with Crippen LogP contribution in [0.3, 0.4) is 0 Å². The minimum atomic E-state index is -0.913. The summed E-state index contributed by atoms with van der Waals surface area (Å²) in [5, 5.41) is 0. The van der Waals surface area contributed by atoms with Crippen LogP contribution in [0.15, 0.2) is 0 Å². The smallest absolute Gasteiger partial charge is 0.410 e. The highest BCUT2D eigenvalue weighted by atomic mass is 16.6. The van der Waals surface area contributed by atoms with Crippen molar-refractivity contribution in [3.05, 3.63) is 0 Å². The standard InChI is InChI=1S/C15H28N2O4/c1-13(2,3)20-11(18)15(7)9-17(8-10(15)16)12(19)21-14(4,5)6/h10H,8-9,16H2,1-7H3/t10-,15+/m0/s1. The number of likely N-dealkylation sites (tertiary alicyclic amines) is 1. The van der Waals surface area contributed by atoms with Crippen molar-refractivity contribution in [2.75, 3.05) is 13.1 Å². The van der Waals surface area contributed by atoms with Crippen LogP contribution in [0.4, 0.5) is 4.79 Å². The van der Waals surface area contributed by atoms with Gasteiger partial charge in [0.25, 0.3) is 0 Å². The molecule has 0 aromatic rings. The molecule has 1 rings (SSSR count). The molecule has 1 fully saturated rings. The van der Waals surface area contributed by atoms with Crippen molar-refractivity contribution in [1.82, 2.24) is 4.90 Å². The van der Waals surface area contributed by atoms with Crippen molar-refractivity contribution >= 4 is 12.1 Å². The van der Waals surface area contributed by atoms with Crippen molar-refractivity contribution in [2.45, 2.75) is 65.7 Å². The number of nitrogens with two attached hydrogens (primary N) is 1. The number of hydrogen-bond donors (Lipinski definition) is 1. The number of carbonyl (C=O) groups excluding carboxylic acids is 2. The van der Waals surface area contributed by atoms with Crippen molar-refractivity contribution in [2.24, 2.45) is 11.1 Å². The number of nitrogens with zero attached hydrogens (tertiary/aromatic N) is 1. The van der Waals surface area contributed by atoms with Gasteiger partial charge in [0, 0.05) is 19.1 Å². The third-order valence-corrected chi connectivity index (χ3v) is 3.27. The lowest BCUT2D eigenvalue weighted by Gasteiger charge is -2.30. The van der Waals surface area contributed by atoms with Gasteiger partial charge in [0.05, 0.1) is 5.41 Å². The Morgan fingerprint density at radius 1 is 1.10 bits per heavy atom. The van der Waals surface area contributed by atoms with Crippen LogP contribution in [-0.2, 0) is 14.3 Å². The van der Waals surface area contributed by atoms with Gasteiger partial charge in [-0.15, -0.1) is 0 Å². The molecule has 1 heterocycles. The maximum atomic E-state index is 12.4. The van der Waals surface area contributed by atoms with E-state index in [9.17, 15) is 9.59 Å².